The van der Waals surface area contributed by atoms with Crippen molar-refractivity contribution >= 4 is 5.91 Å². The van der Waals surface area contributed by atoms with Crippen LogP contribution >= 0.6 is 0 Å². The molecule has 0 heterocycles. The van der Waals surface area contributed by atoms with E-state index in [1.165, 1.54) is 5.56 Å². The van der Waals surface area contributed by atoms with Crippen LogP contribution in [-0.2, 0) is 11.2 Å². The van der Waals surface area contributed by atoms with Gasteiger partial charge in [0.05, 0.1) is 6.10 Å². The van der Waals surface area contributed by atoms with E-state index in [4.69, 9.17) is 4.74 Å². The topological polar surface area (TPSA) is 58.6 Å². The normalized spacial score (nSPS) is 19.8. The Labute approximate surface area is 107 Å². The van der Waals surface area contributed by atoms with Gasteiger partial charge in [-0.25, -0.2) is 0 Å². The monoisotopic (exact) mass is 249 g/mol. The van der Waals surface area contributed by atoms with E-state index in [9.17, 15) is 9.90 Å². The van der Waals surface area contributed by atoms with E-state index in [0.717, 1.165) is 24.8 Å². The van der Waals surface area contributed by atoms with Gasteiger partial charge in [-0.1, -0.05) is 6.07 Å². The number of ether oxygens (including phenoxy) is 1. The third-order valence-electron chi connectivity index (χ3n) is 3.33. The number of likely N-dealkylation sites (N-methyl/N-ethyl adjacent to an activating group) is 1. The maximum absolute atomic E-state index is 11.4. The summed E-state index contributed by atoms with van der Waals surface area (Å²) in [5.74, 6) is 0.471. The minimum Gasteiger partial charge on any atom is -0.481 e. The first-order valence-electron chi connectivity index (χ1n) is 6.31. The Morgan fingerprint density at radius 3 is 3.06 bits per heavy atom. The van der Waals surface area contributed by atoms with Gasteiger partial charge in [-0.3, -0.25) is 4.79 Å². The van der Waals surface area contributed by atoms with Crippen LogP contribution in [0.15, 0.2) is 18.2 Å². The fraction of sp³-hybridized carbons (Fsp3) is 0.500. The van der Waals surface area contributed by atoms with E-state index in [0.29, 0.717) is 5.75 Å². The highest BCUT2D eigenvalue weighted by molar-refractivity contribution is 5.80. The number of nitrogens with one attached hydrogen (secondary N) is 1. The first-order valence-corrected chi connectivity index (χ1v) is 6.31. The van der Waals surface area contributed by atoms with Crippen LogP contribution < -0.4 is 10.1 Å². The summed E-state index contributed by atoms with van der Waals surface area (Å²) in [6.45, 7) is 1.70. The molecule has 1 aromatic rings. The molecule has 1 amide bonds. The number of fused-ring (bicyclic) bond motifs is 1. The largest absolute Gasteiger partial charge is 0.481 e. The van der Waals surface area contributed by atoms with Crippen LogP contribution in [0.2, 0.25) is 0 Å². The SMILES string of the molecule is CNC(=O)C(C)Oc1ccc2c(c1)[C@H](O)CCC2. The maximum Gasteiger partial charge on any atom is 0.260 e. The molecule has 1 unspecified atom stereocenters. The molecule has 18 heavy (non-hydrogen) atoms. The van der Waals surface area contributed by atoms with Gasteiger partial charge in [0.25, 0.3) is 5.91 Å². The fourth-order valence-corrected chi connectivity index (χ4v) is 2.29. The Hall–Kier alpha value is -1.55. The molecule has 4 heteroatoms. The highest BCUT2D eigenvalue weighted by Gasteiger charge is 2.19. The van der Waals surface area contributed by atoms with Crippen molar-refractivity contribution in [1.29, 1.82) is 0 Å². The highest BCUT2D eigenvalue weighted by Crippen LogP contribution is 2.32. The molecule has 2 N–H and O–H groups in total. The zero-order valence-electron chi connectivity index (χ0n) is 10.8. The van der Waals surface area contributed by atoms with Gasteiger partial charge < -0.3 is 15.2 Å². The summed E-state index contributed by atoms with van der Waals surface area (Å²) in [6.07, 6.45) is 1.86. The van der Waals surface area contributed by atoms with Crippen molar-refractivity contribution in [1.82, 2.24) is 5.32 Å². The Bertz CT molecular complexity index is 445. The minimum absolute atomic E-state index is 0.159. The predicted molar refractivity (Wildman–Crippen MR) is 68.5 cm³/mol. The molecule has 0 radical (unpaired) electrons. The van der Waals surface area contributed by atoms with Crippen LogP contribution in [0.3, 0.4) is 0 Å². The van der Waals surface area contributed by atoms with Crippen LogP contribution in [0.25, 0.3) is 0 Å². The number of benzene rings is 1. The number of rotatable bonds is 3. The number of aliphatic hydroxyl groups excluding tert-OH is 1. The van der Waals surface area contributed by atoms with Crippen LogP contribution in [0.1, 0.15) is 37.0 Å². The second kappa shape index (κ2) is 5.40. The molecule has 0 aromatic heterocycles. The molecular formula is C14H19NO3. The van der Waals surface area contributed by atoms with Gasteiger partial charge in [-0.2, -0.15) is 0 Å². The van der Waals surface area contributed by atoms with Crippen molar-refractivity contribution in [2.24, 2.45) is 0 Å². The second-order valence-corrected chi connectivity index (χ2v) is 4.64. The number of carbonyl (C=O) groups is 1. The molecule has 1 aromatic carbocycles. The number of hydrogen-bond acceptors (Lipinski definition) is 3. The first-order chi connectivity index (χ1) is 8.61. The molecule has 0 saturated carbocycles. The summed E-state index contributed by atoms with van der Waals surface area (Å²) in [5.41, 5.74) is 2.11. The van der Waals surface area contributed by atoms with E-state index in [2.05, 4.69) is 5.32 Å². The van der Waals surface area contributed by atoms with Crippen molar-refractivity contribution in [3.63, 3.8) is 0 Å². The summed E-state index contributed by atoms with van der Waals surface area (Å²) < 4.78 is 5.56. The number of amides is 1. The van der Waals surface area contributed by atoms with Crippen molar-refractivity contribution in [2.45, 2.75) is 38.4 Å². The van der Waals surface area contributed by atoms with Crippen LogP contribution in [0.5, 0.6) is 5.75 Å². The minimum atomic E-state index is -0.534. The van der Waals surface area contributed by atoms with Crippen molar-refractivity contribution in [2.75, 3.05) is 7.05 Å². The highest BCUT2D eigenvalue weighted by atomic mass is 16.5. The van der Waals surface area contributed by atoms with Crippen molar-refractivity contribution in [3.05, 3.63) is 29.3 Å². The summed E-state index contributed by atoms with van der Waals surface area (Å²) in [6, 6.07) is 5.68. The van der Waals surface area contributed by atoms with Gasteiger partial charge in [-0.05, 0) is 49.4 Å². The van der Waals surface area contributed by atoms with E-state index in [1.807, 2.05) is 18.2 Å². The van der Waals surface area contributed by atoms with Gasteiger partial charge in [0.1, 0.15) is 5.75 Å². The molecule has 0 aliphatic heterocycles. The molecular weight excluding hydrogens is 230 g/mol. The lowest BCUT2D eigenvalue weighted by Crippen LogP contribution is -2.33. The molecule has 2 rings (SSSR count). The molecule has 4 nitrogen and oxygen atoms in total. The van der Waals surface area contributed by atoms with Gasteiger partial charge in [0.2, 0.25) is 0 Å². The molecule has 98 valence electrons. The van der Waals surface area contributed by atoms with E-state index < -0.39 is 12.2 Å². The zero-order chi connectivity index (χ0) is 13.1. The quantitative estimate of drug-likeness (QED) is 0.855. The second-order valence-electron chi connectivity index (χ2n) is 4.64. The number of carbonyl (C=O) groups excluding carboxylic acids is 1. The van der Waals surface area contributed by atoms with Gasteiger partial charge in [-0.15, -0.1) is 0 Å². The van der Waals surface area contributed by atoms with Crippen molar-refractivity contribution in [3.8, 4) is 5.75 Å². The molecule has 1 aliphatic carbocycles. The van der Waals surface area contributed by atoms with E-state index >= 15 is 0 Å². The number of aryl methyl sites for hydroxylation is 1. The summed E-state index contributed by atoms with van der Waals surface area (Å²) in [7, 11) is 1.58. The lowest BCUT2D eigenvalue weighted by Gasteiger charge is -2.22. The predicted octanol–water partition coefficient (Wildman–Crippen LogP) is 1.57. The first kappa shape index (κ1) is 12.9. The van der Waals surface area contributed by atoms with Gasteiger partial charge in [0.15, 0.2) is 6.10 Å². The average molecular weight is 249 g/mol. The van der Waals surface area contributed by atoms with Crippen LogP contribution in [0.4, 0.5) is 0 Å². The molecule has 0 bridgehead atoms. The summed E-state index contributed by atoms with van der Waals surface area (Å²) in [5, 5.41) is 12.5. The standard InChI is InChI=1S/C14H19NO3/c1-9(14(17)15-2)18-11-7-6-10-4-3-5-13(16)12(10)8-11/h6-9,13,16H,3-5H2,1-2H3,(H,15,17)/t9?,13-/m1/s1. The summed E-state index contributed by atoms with van der Waals surface area (Å²) in [4.78, 5) is 11.4. The fourth-order valence-electron chi connectivity index (χ4n) is 2.29. The Morgan fingerprint density at radius 2 is 2.33 bits per heavy atom. The summed E-state index contributed by atoms with van der Waals surface area (Å²) >= 11 is 0. The van der Waals surface area contributed by atoms with Gasteiger partial charge >= 0.3 is 0 Å². The smallest absolute Gasteiger partial charge is 0.260 e. The van der Waals surface area contributed by atoms with E-state index in [-0.39, 0.29) is 5.91 Å². The Balaban J connectivity index is 2.15. The molecule has 1 aliphatic rings. The Kier molecular flexibility index (Phi) is 3.87. The van der Waals surface area contributed by atoms with Crippen LogP contribution in [-0.4, -0.2) is 24.2 Å². The van der Waals surface area contributed by atoms with Gasteiger partial charge in [0, 0.05) is 7.05 Å². The lowest BCUT2D eigenvalue weighted by atomic mass is 9.89. The molecule has 2 atom stereocenters. The van der Waals surface area contributed by atoms with E-state index in [1.54, 1.807) is 14.0 Å². The third-order valence-corrected chi connectivity index (χ3v) is 3.33. The molecule has 0 fully saturated rings. The Morgan fingerprint density at radius 1 is 1.56 bits per heavy atom. The van der Waals surface area contributed by atoms with Crippen LogP contribution in [0, 0.1) is 0 Å². The zero-order valence-corrected chi connectivity index (χ0v) is 10.8. The maximum atomic E-state index is 11.4. The third kappa shape index (κ3) is 2.64. The number of aliphatic hydroxyl groups is 1. The average Bonchev–Trinajstić information content (AvgIpc) is 2.38. The number of hydrogen-bond donors (Lipinski definition) is 2. The van der Waals surface area contributed by atoms with Crippen molar-refractivity contribution < 1.29 is 14.6 Å². The molecule has 0 saturated heterocycles. The lowest BCUT2D eigenvalue weighted by molar-refractivity contribution is -0.126. The molecule has 0 spiro atoms.